The first kappa shape index (κ1) is 10.4. The molecule has 0 aliphatic carbocycles. The second-order valence-electron chi connectivity index (χ2n) is 3.73. The minimum Gasteiger partial charge on any atom is -0.326 e. The van der Waals surface area contributed by atoms with Gasteiger partial charge in [-0.15, -0.1) is 0 Å². The van der Waals surface area contributed by atoms with Gasteiger partial charge < -0.3 is 4.57 Å². The first-order valence-corrected chi connectivity index (χ1v) is 5.64. The van der Waals surface area contributed by atoms with E-state index in [1.807, 2.05) is 18.5 Å². The van der Waals surface area contributed by atoms with E-state index in [1.54, 1.807) is 0 Å². The maximum atomic E-state index is 4.54. The summed E-state index contributed by atoms with van der Waals surface area (Å²) in [4.78, 5) is 4.54. The molecule has 2 nitrogen and oxygen atoms in total. The average molecular weight is 265 g/mol. The molecule has 78 valence electrons. The fraction of sp³-hybridized carbons (Fsp3) is 0.250. The summed E-state index contributed by atoms with van der Waals surface area (Å²) in [6.45, 7) is 4.09. The lowest BCUT2D eigenvalue weighted by Gasteiger charge is -2.00. The van der Waals surface area contributed by atoms with Crippen LogP contribution in [0.25, 0.3) is 11.3 Å². The van der Waals surface area contributed by atoms with Gasteiger partial charge in [0.15, 0.2) is 0 Å². The van der Waals surface area contributed by atoms with Gasteiger partial charge in [-0.05, 0) is 35.8 Å². The zero-order chi connectivity index (χ0) is 11.0. The van der Waals surface area contributed by atoms with Crippen LogP contribution in [0.2, 0.25) is 0 Å². The molecule has 0 N–H and O–H groups in total. The molecular weight excluding hydrogens is 252 g/mol. The molecule has 2 aromatic rings. The largest absolute Gasteiger partial charge is 0.326 e. The van der Waals surface area contributed by atoms with E-state index in [0.717, 1.165) is 21.7 Å². The Balaban J connectivity index is 2.59. The Kier molecular flexibility index (Phi) is 2.65. The summed E-state index contributed by atoms with van der Waals surface area (Å²) in [6.07, 6.45) is 0. The van der Waals surface area contributed by atoms with Gasteiger partial charge in [0.05, 0.1) is 0 Å². The van der Waals surface area contributed by atoms with Crippen molar-refractivity contribution in [1.82, 2.24) is 9.55 Å². The van der Waals surface area contributed by atoms with Crippen molar-refractivity contribution in [2.45, 2.75) is 13.8 Å². The standard InChI is InChI=1S/C12H13BrN2/c1-8-5-4-6-10(7-8)11-12(13)15(3)9(2)14-11/h4-7H,1-3H3. The second kappa shape index (κ2) is 3.81. The Morgan fingerprint density at radius 3 is 2.53 bits per heavy atom. The smallest absolute Gasteiger partial charge is 0.112 e. The molecule has 15 heavy (non-hydrogen) atoms. The number of nitrogens with zero attached hydrogens (tertiary/aromatic N) is 2. The molecule has 0 bridgehead atoms. The van der Waals surface area contributed by atoms with Crippen LogP contribution in [0.15, 0.2) is 28.9 Å². The third-order valence-corrected chi connectivity index (χ3v) is 3.45. The van der Waals surface area contributed by atoms with E-state index in [4.69, 9.17) is 0 Å². The highest BCUT2D eigenvalue weighted by Gasteiger charge is 2.11. The minimum absolute atomic E-state index is 1.01. The number of aryl methyl sites for hydroxylation is 2. The Bertz CT molecular complexity index is 500. The van der Waals surface area contributed by atoms with Crippen LogP contribution in [0.4, 0.5) is 0 Å². The Morgan fingerprint density at radius 1 is 1.27 bits per heavy atom. The van der Waals surface area contributed by atoms with E-state index in [-0.39, 0.29) is 0 Å². The van der Waals surface area contributed by atoms with Crippen LogP contribution in [-0.4, -0.2) is 9.55 Å². The molecule has 0 atom stereocenters. The molecule has 1 heterocycles. The van der Waals surface area contributed by atoms with Gasteiger partial charge in [-0.1, -0.05) is 23.8 Å². The van der Waals surface area contributed by atoms with Gasteiger partial charge in [-0.2, -0.15) is 0 Å². The summed E-state index contributed by atoms with van der Waals surface area (Å²) < 4.78 is 3.07. The van der Waals surface area contributed by atoms with Crippen molar-refractivity contribution in [3.05, 3.63) is 40.3 Å². The monoisotopic (exact) mass is 264 g/mol. The van der Waals surface area contributed by atoms with Crippen LogP contribution < -0.4 is 0 Å². The van der Waals surface area contributed by atoms with Crippen LogP contribution >= 0.6 is 15.9 Å². The predicted molar refractivity (Wildman–Crippen MR) is 65.8 cm³/mol. The van der Waals surface area contributed by atoms with Crippen LogP contribution in [0.3, 0.4) is 0 Å². The van der Waals surface area contributed by atoms with Crippen molar-refractivity contribution in [3.63, 3.8) is 0 Å². The number of halogens is 1. The van der Waals surface area contributed by atoms with E-state index >= 15 is 0 Å². The van der Waals surface area contributed by atoms with Crippen molar-refractivity contribution in [2.24, 2.45) is 7.05 Å². The molecule has 0 fully saturated rings. The van der Waals surface area contributed by atoms with Crippen LogP contribution in [0.1, 0.15) is 11.4 Å². The normalized spacial score (nSPS) is 10.7. The van der Waals surface area contributed by atoms with E-state index in [2.05, 4.69) is 52.1 Å². The van der Waals surface area contributed by atoms with Crippen LogP contribution in [-0.2, 0) is 7.05 Å². The first-order chi connectivity index (χ1) is 7.09. The SMILES string of the molecule is Cc1cccc(-c2nc(C)n(C)c2Br)c1. The average Bonchev–Trinajstić information content (AvgIpc) is 2.46. The molecule has 0 radical (unpaired) electrons. The highest BCUT2D eigenvalue weighted by molar-refractivity contribution is 9.10. The molecule has 1 aromatic carbocycles. The molecule has 3 heteroatoms. The molecule has 0 saturated heterocycles. The lowest BCUT2D eigenvalue weighted by Crippen LogP contribution is -1.90. The summed E-state index contributed by atoms with van der Waals surface area (Å²) in [5, 5.41) is 0. The van der Waals surface area contributed by atoms with Crippen molar-refractivity contribution in [3.8, 4) is 11.3 Å². The minimum atomic E-state index is 1.01. The van der Waals surface area contributed by atoms with Crippen molar-refractivity contribution in [2.75, 3.05) is 0 Å². The Hall–Kier alpha value is -1.09. The molecule has 0 aliphatic rings. The lowest BCUT2D eigenvalue weighted by molar-refractivity contribution is 0.840. The van der Waals surface area contributed by atoms with Gasteiger partial charge in [0.2, 0.25) is 0 Å². The van der Waals surface area contributed by atoms with E-state index < -0.39 is 0 Å². The molecule has 2 rings (SSSR count). The third kappa shape index (κ3) is 1.84. The third-order valence-electron chi connectivity index (χ3n) is 2.54. The van der Waals surface area contributed by atoms with Crippen LogP contribution in [0.5, 0.6) is 0 Å². The Labute approximate surface area is 98.1 Å². The summed E-state index contributed by atoms with van der Waals surface area (Å²) in [7, 11) is 2.01. The van der Waals surface area contributed by atoms with Gasteiger partial charge in [0.1, 0.15) is 16.1 Å². The van der Waals surface area contributed by atoms with Crippen molar-refractivity contribution < 1.29 is 0 Å². The zero-order valence-electron chi connectivity index (χ0n) is 9.08. The van der Waals surface area contributed by atoms with Crippen molar-refractivity contribution >= 4 is 15.9 Å². The summed E-state index contributed by atoms with van der Waals surface area (Å²) in [5.74, 6) is 1.01. The number of hydrogen-bond acceptors (Lipinski definition) is 1. The summed E-state index contributed by atoms with van der Waals surface area (Å²) >= 11 is 3.56. The topological polar surface area (TPSA) is 17.8 Å². The van der Waals surface area contributed by atoms with Gasteiger partial charge >= 0.3 is 0 Å². The van der Waals surface area contributed by atoms with E-state index in [0.29, 0.717) is 0 Å². The number of aromatic nitrogens is 2. The molecule has 0 unspecified atom stereocenters. The lowest BCUT2D eigenvalue weighted by atomic mass is 10.1. The maximum Gasteiger partial charge on any atom is 0.112 e. The molecule has 0 amide bonds. The van der Waals surface area contributed by atoms with Crippen molar-refractivity contribution in [1.29, 1.82) is 0 Å². The van der Waals surface area contributed by atoms with Gasteiger partial charge in [0, 0.05) is 12.6 Å². The molecule has 1 aromatic heterocycles. The van der Waals surface area contributed by atoms with Gasteiger partial charge in [0.25, 0.3) is 0 Å². The number of imidazole rings is 1. The van der Waals surface area contributed by atoms with Crippen LogP contribution in [0, 0.1) is 13.8 Å². The quantitative estimate of drug-likeness (QED) is 0.772. The number of benzene rings is 1. The summed E-state index contributed by atoms with van der Waals surface area (Å²) in [5.41, 5.74) is 3.42. The van der Waals surface area contributed by atoms with E-state index in [9.17, 15) is 0 Å². The molecule has 0 aliphatic heterocycles. The number of rotatable bonds is 1. The summed E-state index contributed by atoms with van der Waals surface area (Å²) in [6, 6.07) is 8.38. The molecule has 0 saturated carbocycles. The molecular formula is C12H13BrN2. The highest BCUT2D eigenvalue weighted by Crippen LogP contribution is 2.28. The van der Waals surface area contributed by atoms with Gasteiger partial charge in [-0.25, -0.2) is 4.98 Å². The fourth-order valence-electron chi connectivity index (χ4n) is 1.56. The number of hydrogen-bond donors (Lipinski definition) is 0. The van der Waals surface area contributed by atoms with Gasteiger partial charge in [-0.3, -0.25) is 0 Å². The predicted octanol–water partition coefficient (Wildman–Crippen LogP) is 3.47. The first-order valence-electron chi connectivity index (χ1n) is 4.85. The molecule has 0 spiro atoms. The van der Waals surface area contributed by atoms with E-state index in [1.165, 1.54) is 5.56 Å². The highest BCUT2D eigenvalue weighted by atomic mass is 79.9. The zero-order valence-corrected chi connectivity index (χ0v) is 10.7. The Morgan fingerprint density at radius 2 is 2.00 bits per heavy atom. The maximum absolute atomic E-state index is 4.54. The fourth-order valence-corrected chi connectivity index (χ4v) is 2.13. The second-order valence-corrected chi connectivity index (χ2v) is 4.48.